The fraction of sp³-hybridized carbons (Fsp3) is 0.412. The minimum atomic E-state index is -3.60. The minimum absolute atomic E-state index is 0.258. The summed E-state index contributed by atoms with van der Waals surface area (Å²) in [5, 5.41) is 4.41. The van der Waals surface area contributed by atoms with Crippen molar-refractivity contribution in [2.75, 3.05) is 26.3 Å². The third-order valence-corrected chi connectivity index (χ3v) is 6.61. The van der Waals surface area contributed by atoms with Crippen LogP contribution in [0.2, 0.25) is 0 Å². The molecule has 0 spiro atoms. The fourth-order valence-corrected chi connectivity index (χ4v) is 4.85. The highest BCUT2D eigenvalue weighted by Gasteiger charge is 2.32. The van der Waals surface area contributed by atoms with Crippen LogP contribution < -0.4 is 5.73 Å². The Labute approximate surface area is 152 Å². The number of aryl methyl sites for hydroxylation is 1. The van der Waals surface area contributed by atoms with E-state index in [2.05, 4.69) is 5.10 Å². The van der Waals surface area contributed by atoms with Gasteiger partial charge in [-0.2, -0.15) is 9.40 Å². The molecule has 0 aliphatic carbocycles. The highest BCUT2D eigenvalue weighted by Crippen LogP contribution is 2.24. The normalized spacial score (nSPS) is 15.9. The summed E-state index contributed by atoms with van der Waals surface area (Å²) in [4.78, 5) is 11.4. The summed E-state index contributed by atoms with van der Waals surface area (Å²) in [6, 6.07) is 6.86. The molecule has 0 bridgehead atoms. The molecule has 1 aromatic heterocycles. The first-order valence-electron chi connectivity index (χ1n) is 8.31. The molecular formula is C17H22N4O4S. The van der Waals surface area contributed by atoms with E-state index < -0.39 is 15.9 Å². The lowest BCUT2D eigenvalue weighted by Gasteiger charge is -2.26. The molecule has 2 aromatic rings. The SMILES string of the molecule is Cc1nn(Cc2ccc(C(N)=O)cc2)c(C)c1S(=O)(=O)N1CCOCC1. The van der Waals surface area contributed by atoms with Crippen LogP contribution in [0.1, 0.15) is 27.3 Å². The Morgan fingerprint density at radius 2 is 1.81 bits per heavy atom. The zero-order valence-corrected chi connectivity index (χ0v) is 15.6. The Kier molecular flexibility index (Phi) is 5.12. The number of benzene rings is 1. The van der Waals surface area contributed by atoms with Gasteiger partial charge in [-0.15, -0.1) is 0 Å². The number of hydrogen-bond acceptors (Lipinski definition) is 5. The number of nitrogens with two attached hydrogens (primary N) is 1. The van der Waals surface area contributed by atoms with Crippen LogP contribution in [0, 0.1) is 13.8 Å². The van der Waals surface area contributed by atoms with E-state index in [0.29, 0.717) is 49.8 Å². The van der Waals surface area contributed by atoms with E-state index in [4.69, 9.17) is 10.5 Å². The lowest BCUT2D eigenvalue weighted by Crippen LogP contribution is -2.41. The number of aromatic nitrogens is 2. The van der Waals surface area contributed by atoms with Crippen LogP contribution in [-0.2, 0) is 21.3 Å². The van der Waals surface area contributed by atoms with E-state index in [1.165, 1.54) is 4.31 Å². The number of morpholine rings is 1. The number of ether oxygens (including phenoxy) is 1. The maximum atomic E-state index is 13.0. The molecule has 3 rings (SSSR count). The second kappa shape index (κ2) is 7.18. The van der Waals surface area contributed by atoms with Gasteiger partial charge in [0.25, 0.3) is 0 Å². The van der Waals surface area contributed by atoms with Gasteiger partial charge < -0.3 is 10.5 Å². The number of carbonyl (C=O) groups is 1. The molecule has 1 aliphatic heterocycles. The van der Waals surface area contributed by atoms with Gasteiger partial charge in [0.1, 0.15) is 4.90 Å². The van der Waals surface area contributed by atoms with Crippen LogP contribution in [0.3, 0.4) is 0 Å². The van der Waals surface area contributed by atoms with E-state index in [-0.39, 0.29) is 4.90 Å². The van der Waals surface area contributed by atoms with E-state index in [0.717, 1.165) is 5.56 Å². The van der Waals surface area contributed by atoms with Crippen molar-refractivity contribution in [2.45, 2.75) is 25.3 Å². The first-order valence-corrected chi connectivity index (χ1v) is 9.75. The number of nitrogens with zero attached hydrogens (tertiary/aromatic N) is 3. The van der Waals surface area contributed by atoms with Gasteiger partial charge >= 0.3 is 0 Å². The second-order valence-electron chi connectivity index (χ2n) is 6.24. The van der Waals surface area contributed by atoms with Gasteiger partial charge in [0.2, 0.25) is 15.9 Å². The molecule has 8 nitrogen and oxygen atoms in total. The van der Waals surface area contributed by atoms with E-state index in [1.807, 2.05) is 0 Å². The minimum Gasteiger partial charge on any atom is -0.379 e. The molecule has 2 N–H and O–H groups in total. The van der Waals surface area contributed by atoms with E-state index in [1.54, 1.807) is 42.8 Å². The van der Waals surface area contributed by atoms with Gasteiger partial charge in [-0.25, -0.2) is 8.42 Å². The molecule has 1 fully saturated rings. The summed E-state index contributed by atoms with van der Waals surface area (Å²) in [5.41, 5.74) is 7.64. The Bertz CT molecular complexity index is 913. The number of primary amides is 1. The Morgan fingerprint density at radius 3 is 2.38 bits per heavy atom. The molecule has 26 heavy (non-hydrogen) atoms. The zero-order chi connectivity index (χ0) is 18.9. The summed E-state index contributed by atoms with van der Waals surface area (Å²) in [6.45, 7) is 5.36. The molecule has 1 saturated heterocycles. The smallest absolute Gasteiger partial charge is 0.248 e. The van der Waals surface area contributed by atoms with Gasteiger partial charge in [0.15, 0.2) is 0 Å². The van der Waals surface area contributed by atoms with Crippen LogP contribution >= 0.6 is 0 Å². The van der Waals surface area contributed by atoms with Gasteiger partial charge in [-0.1, -0.05) is 12.1 Å². The average Bonchev–Trinajstić information content (AvgIpc) is 2.90. The van der Waals surface area contributed by atoms with Gasteiger partial charge in [0, 0.05) is 18.7 Å². The molecule has 1 amide bonds. The largest absolute Gasteiger partial charge is 0.379 e. The fourth-order valence-electron chi connectivity index (χ4n) is 3.07. The van der Waals surface area contributed by atoms with Gasteiger partial charge in [-0.3, -0.25) is 9.48 Å². The summed E-state index contributed by atoms with van der Waals surface area (Å²) in [5.74, 6) is -0.485. The highest BCUT2D eigenvalue weighted by atomic mass is 32.2. The van der Waals surface area contributed by atoms with Gasteiger partial charge in [-0.05, 0) is 31.5 Å². The van der Waals surface area contributed by atoms with Crippen molar-refractivity contribution >= 4 is 15.9 Å². The third kappa shape index (κ3) is 3.50. The van der Waals surface area contributed by atoms with E-state index >= 15 is 0 Å². The molecule has 0 atom stereocenters. The second-order valence-corrected chi connectivity index (χ2v) is 8.11. The van der Waals surface area contributed by atoms with Crippen molar-refractivity contribution < 1.29 is 17.9 Å². The molecule has 140 valence electrons. The Morgan fingerprint density at radius 1 is 1.19 bits per heavy atom. The number of hydrogen-bond donors (Lipinski definition) is 1. The van der Waals surface area contributed by atoms with Crippen LogP contribution in [-0.4, -0.2) is 54.7 Å². The molecule has 2 heterocycles. The number of amides is 1. The summed E-state index contributed by atoms with van der Waals surface area (Å²) in [7, 11) is -3.60. The Hall–Kier alpha value is -2.23. The van der Waals surface area contributed by atoms with Crippen molar-refractivity contribution in [1.29, 1.82) is 0 Å². The quantitative estimate of drug-likeness (QED) is 0.823. The van der Waals surface area contributed by atoms with Crippen molar-refractivity contribution in [3.8, 4) is 0 Å². The lowest BCUT2D eigenvalue weighted by atomic mass is 10.1. The first-order chi connectivity index (χ1) is 12.3. The highest BCUT2D eigenvalue weighted by molar-refractivity contribution is 7.89. The molecule has 0 saturated carbocycles. The van der Waals surface area contributed by atoms with Crippen molar-refractivity contribution in [2.24, 2.45) is 5.73 Å². The van der Waals surface area contributed by atoms with Crippen molar-refractivity contribution in [3.05, 3.63) is 46.8 Å². The van der Waals surface area contributed by atoms with Gasteiger partial charge in [0.05, 0.1) is 31.1 Å². The summed E-state index contributed by atoms with van der Waals surface area (Å²) >= 11 is 0. The topological polar surface area (TPSA) is 108 Å². The molecule has 9 heteroatoms. The number of sulfonamides is 1. The van der Waals surface area contributed by atoms with Crippen molar-refractivity contribution in [3.63, 3.8) is 0 Å². The molecule has 1 aromatic carbocycles. The lowest BCUT2D eigenvalue weighted by molar-refractivity contribution is 0.0730. The average molecular weight is 378 g/mol. The standard InChI is InChI=1S/C17H22N4O4S/c1-12-16(26(23,24)20-7-9-25-10-8-20)13(2)21(19-12)11-14-3-5-15(6-4-14)17(18)22/h3-6H,7-11H2,1-2H3,(H2,18,22). The number of carbonyl (C=O) groups excluding carboxylic acids is 1. The van der Waals surface area contributed by atoms with Crippen LogP contribution in [0.5, 0.6) is 0 Å². The first kappa shape index (κ1) is 18.6. The molecule has 0 radical (unpaired) electrons. The number of rotatable bonds is 5. The maximum Gasteiger partial charge on any atom is 0.248 e. The molecule has 0 unspecified atom stereocenters. The Balaban J connectivity index is 1.89. The summed E-state index contributed by atoms with van der Waals surface area (Å²) < 4.78 is 34.3. The zero-order valence-electron chi connectivity index (χ0n) is 14.8. The molecular weight excluding hydrogens is 356 g/mol. The predicted molar refractivity (Wildman–Crippen MR) is 95.3 cm³/mol. The van der Waals surface area contributed by atoms with Crippen molar-refractivity contribution in [1.82, 2.24) is 14.1 Å². The predicted octanol–water partition coefficient (Wildman–Crippen LogP) is 0.668. The van der Waals surface area contributed by atoms with Crippen LogP contribution in [0.15, 0.2) is 29.2 Å². The maximum absolute atomic E-state index is 13.0. The molecule has 1 aliphatic rings. The van der Waals surface area contributed by atoms with Crippen LogP contribution in [0.4, 0.5) is 0 Å². The third-order valence-electron chi connectivity index (χ3n) is 4.45. The summed E-state index contributed by atoms with van der Waals surface area (Å²) in [6.07, 6.45) is 0. The monoisotopic (exact) mass is 378 g/mol. The van der Waals surface area contributed by atoms with E-state index in [9.17, 15) is 13.2 Å². The van der Waals surface area contributed by atoms with Crippen LogP contribution in [0.25, 0.3) is 0 Å².